The van der Waals surface area contributed by atoms with Crippen LogP contribution in [0.5, 0.6) is 0 Å². The van der Waals surface area contributed by atoms with Crippen LogP contribution >= 0.6 is 11.3 Å². The lowest BCUT2D eigenvalue weighted by Gasteiger charge is -2.06. The maximum absolute atomic E-state index is 5.58. The molecule has 98 valence electrons. The molecule has 0 atom stereocenters. The van der Waals surface area contributed by atoms with Gasteiger partial charge in [-0.2, -0.15) is 5.10 Å². The largest absolute Gasteiger partial charge is 0.325 e. The van der Waals surface area contributed by atoms with Crippen LogP contribution in [-0.2, 0) is 6.54 Å². The molecule has 0 aliphatic carbocycles. The van der Waals surface area contributed by atoms with E-state index in [1.807, 2.05) is 10.7 Å². The summed E-state index contributed by atoms with van der Waals surface area (Å²) >= 11 is 1.60. The van der Waals surface area contributed by atoms with Crippen molar-refractivity contribution in [2.24, 2.45) is 5.73 Å². The number of fused-ring (bicyclic) bond motifs is 1. The fourth-order valence-electron chi connectivity index (χ4n) is 2.14. The predicted octanol–water partition coefficient (Wildman–Crippen LogP) is 2.84. The minimum absolute atomic E-state index is 0.452. The maximum atomic E-state index is 5.58. The third kappa shape index (κ3) is 2.05. The summed E-state index contributed by atoms with van der Waals surface area (Å²) in [6.45, 7) is 6.84. The minimum Gasteiger partial charge on any atom is -0.325 e. The Hall–Kier alpha value is -1.72. The van der Waals surface area contributed by atoms with Gasteiger partial charge in [-0.1, -0.05) is 17.4 Å². The molecule has 0 spiro atoms. The van der Waals surface area contributed by atoms with Crippen molar-refractivity contribution in [2.75, 3.05) is 0 Å². The number of aromatic nitrogens is 3. The second-order valence-electron chi connectivity index (χ2n) is 4.82. The fourth-order valence-corrected chi connectivity index (χ4v) is 3.12. The summed E-state index contributed by atoms with van der Waals surface area (Å²) in [6, 6.07) is 4.41. The van der Waals surface area contributed by atoms with Crippen molar-refractivity contribution in [1.82, 2.24) is 14.6 Å². The molecular weight excluding hydrogens is 256 g/mol. The number of aryl methyl sites for hydroxylation is 3. The van der Waals surface area contributed by atoms with Crippen LogP contribution in [-0.4, -0.2) is 14.6 Å². The molecule has 2 heterocycles. The average molecular weight is 272 g/mol. The Morgan fingerprint density at radius 2 is 1.89 bits per heavy atom. The van der Waals surface area contributed by atoms with Gasteiger partial charge in [-0.25, -0.2) is 9.50 Å². The van der Waals surface area contributed by atoms with Crippen molar-refractivity contribution >= 4 is 16.3 Å². The molecule has 4 nitrogen and oxygen atoms in total. The summed E-state index contributed by atoms with van der Waals surface area (Å²) in [4.78, 5) is 5.34. The van der Waals surface area contributed by atoms with Gasteiger partial charge in [0.05, 0.1) is 11.9 Å². The lowest BCUT2D eigenvalue weighted by atomic mass is 10.0. The number of imidazole rings is 1. The first-order valence-electron chi connectivity index (χ1n) is 6.22. The van der Waals surface area contributed by atoms with E-state index in [9.17, 15) is 0 Å². The van der Waals surface area contributed by atoms with Crippen molar-refractivity contribution < 1.29 is 0 Å². The van der Waals surface area contributed by atoms with Gasteiger partial charge >= 0.3 is 0 Å². The van der Waals surface area contributed by atoms with E-state index >= 15 is 0 Å². The molecule has 0 aliphatic heterocycles. The van der Waals surface area contributed by atoms with E-state index in [1.165, 1.54) is 22.3 Å². The quantitative estimate of drug-likeness (QED) is 0.780. The summed E-state index contributed by atoms with van der Waals surface area (Å²) < 4.78 is 1.82. The number of nitrogens with two attached hydrogens (primary N) is 1. The van der Waals surface area contributed by atoms with Crippen LogP contribution < -0.4 is 5.73 Å². The molecule has 2 aromatic heterocycles. The van der Waals surface area contributed by atoms with Gasteiger partial charge in [0.1, 0.15) is 5.01 Å². The molecule has 1 aromatic carbocycles. The minimum atomic E-state index is 0.452. The second-order valence-corrected chi connectivity index (χ2v) is 5.78. The van der Waals surface area contributed by atoms with Gasteiger partial charge in [-0.05, 0) is 43.5 Å². The van der Waals surface area contributed by atoms with Crippen LogP contribution in [0.3, 0.4) is 0 Å². The van der Waals surface area contributed by atoms with E-state index in [1.54, 1.807) is 11.3 Å². The van der Waals surface area contributed by atoms with E-state index in [-0.39, 0.29) is 0 Å². The Morgan fingerprint density at radius 3 is 2.58 bits per heavy atom. The molecule has 2 N–H and O–H groups in total. The molecule has 0 unspecified atom stereocenters. The smallest absolute Gasteiger partial charge is 0.212 e. The first kappa shape index (κ1) is 12.3. The zero-order valence-corrected chi connectivity index (χ0v) is 12.1. The summed E-state index contributed by atoms with van der Waals surface area (Å²) in [5, 5.41) is 5.61. The van der Waals surface area contributed by atoms with Crippen molar-refractivity contribution in [3.8, 4) is 10.6 Å². The second kappa shape index (κ2) is 4.43. The highest BCUT2D eigenvalue weighted by molar-refractivity contribution is 7.19. The maximum Gasteiger partial charge on any atom is 0.212 e. The first-order chi connectivity index (χ1) is 9.08. The standard InChI is InChI=1S/C14H16N4S/c1-8-4-10(3)12(5-9(8)2)13-17-18-7-11(6-15)16-14(18)19-13/h4-5,7H,6,15H2,1-3H3. The molecular formula is C14H16N4S. The topological polar surface area (TPSA) is 56.2 Å². The molecule has 0 radical (unpaired) electrons. The van der Waals surface area contributed by atoms with Crippen LogP contribution in [0.15, 0.2) is 18.3 Å². The Morgan fingerprint density at radius 1 is 1.16 bits per heavy atom. The van der Waals surface area contributed by atoms with Crippen molar-refractivity contribution in [2.45, 2.75) is 27.3 Å². The monoisotopic (exact) mass is 272 g/mol. The van der Waals surface area contributed by atoms with Gasteiger partial charge in [0.25, 0.3) is 0 Å². The Labute approximate surface area is 115 Å². The molecule has 0 saturated heterocycles. The molecule has 0 saturated carbocycles. The lowest BCUT2D eigenvalue weighted by molar-refractivity contribution is 0.958. The third-order valence-corrected chi connectivity index (χ3v) is 4.33. The molecule has 0 aliphatic rings. The van der Waals surface area contributed by atoms with E-state index in [0.717, 1.165) is 15.7 Å². The summed E-state index contributed by atoms with van der Waals surface area (Å²) in [6.07, 6.45) is 1.89. The van der Waals surface area contributed by atoms with Crippen molar-refractivity contribution in [3.63, 3.8) is 0 Å². The summed E-state index contributed by atoms with van der Waals surface area (Å²) in [5.74, 6) is 0. The number of rotatable bonds is 2. The van der Waals surface area contributed by atoms with Gasteiger partial charge in [0.2, 0.25) is 4.96 Å². The molecule has 0 fully saturated rings. The highest BCUT2D eigenvalue weighted by atomic mass is 32.1. The number of hydrogen-bond donors (Lipinski definition) is 1. The highest BCUT2D eigenvalue weighted by Crippen LogP contribution is 2.30. The fraction of sp³-hybridized carbons (Fsp3) is 0.286. The summed E-state index contributed by atoms with van der Waals surface area (Å²) in [5.41, 5.74) is 11.5. The third-order valence-electron chi connectivity index (χ3n) is 3.37. The molecule has 0 bridgehead atoms. The van der Waals surface area contributed by atoms with E-state index in [0.29, 0.717) is 6.54 Å². The Bertz CT molecular complexity index is 723. The van der Waals surface area contributed by atoms with E-state index in [4.69, 9.17) is 5.73 Å². The molecule has 5 heteroatoms. The van der Waals surface area contributed by atoms with Crippen LogP contribution in [0.4, 0.5) is 0 Å². The van der Waals surface area contributed by atoms with E-state index in [2.05, 4.69) is 43.0 Å². The predicted molar refractivity (Wildman–Crippen MR) is 78.4 cm³/mol. The highest BCUT2D eigenvalue weighted by Gasteiger charge is 2.12. The number of hydrogen-bond acceptors (Lipinski definition) is 4. The Balaban J connectivity index is 2.13. The van der Waals surface area contributed by atoms with Gasteiger partial charge in [0, 0.05) is 12.1 Å². The molecule has 19 heavy (non-hydrogen) atoms. The van der Waals surface area contributed by atoms with Crippen LogP contribution in [0, 0.1) is 20.8 Å². The Kier molecular flexibility index (Phi) is 2.88. The van der Waals surface area contributed by atoms with Gasteiger partial charge < -0.3 is 5.73 Å². The zero-order chi connectivity index (χ0) is 13.6. The lowest BCUT2D eigenvalue weighted by Crippen LogP contribution is -1.95. The zero-order valence-electron chi connectivity index (χ0n) is 11.3. The average Bonchev–Trinajstić information content (AvgIpc) is 2.91. The van der Waals surface area contributed by atoms with Gasteiger partial charge in [-0.15, -0.1) is 0 Å². The molecule has 0 amide bonds. The number of nitrogens with zero attached hydrogens (tertiary/aromatic N) is 3. The van der Waals surface area contributed by atoms with Crippen LogP contribution in [0.1, 0.15) is 22.4 Å². The van der Waals surface area contributed by atoms with Crippen LogP contribution in [0.2, 0.25) is 0 Å². The normalized spacial score (nSPS) is 11.4. The molecule has 3 rings (SSSR count). The number of benzene rings is 1. The van der Waals surface area contributed by atoms with Crippen LogP contribution in [0.25, 0.3) is 15.5 Å². The van der Waals surface area contributed by atoms with Gasteiger partial charge in [-0.3, -0.25) is 0 Å². The van der Waals surface area contributed by atoms with Crippen molar-refractivity contribution in [1.29, 1.82) is 0 Å². The molecule has 3 aromatic rings. The van der Waals surface area contributed by atoms with E-state index < -0.39 is 0 Å². The summed E-state index contributed by atoms with van der Waals surface area (Å²) in [7, 11) is 0. The van der Waals surface area contributed by atoms with Gasteiger partial charge in [0.15, 0.2) is 0 Å². The SMILES string of the molecule is Cc1cc(C)c(-c2nn3cc(CN)nc3s2)cc1C. The van der Waals surface area contributed by atoms with Crippen molar-refractivity contribution in [3.05, 3.63) is 40.7 Å². The first-order valence-corrected chi connectivity index (χ1v) is 7.03.